The number of nitrogens with two attached hydrogens (primary N) is 1. The zero-order valence-corrected chi connectivity index (χ0v) is 20.4. The molecule has 2 aromatic carbocycles. The zero-order chi connectivity index (χ0) is 27.2. The van der Waals surface area contributed by atoms with Crippen LogP contribution in [-0.4, -0.2) is 52.9 Å². The topological polar surface area (TPSA) is 172 Å². The van der Waals surface area contributed by atoms with Gasteiger partial charge in [-0.15, -0.1) is 0 Å². The number of benzene rings is 2. The Hall–Kier alpha value is -4.91. The second-order valence-electron chi connectivity index (χ2n) is 8.19. The van der Waals surface area contributed by atoms with E-state index in [1.807, 2.05) is 6.07 Å². The lowest BCUT2D eigenvalue weighted by Crippen LogP contribution is -2.44. The fourth-order valence-corrected chi connectivity index (χ4v) is 3.86. The van der Waals surface area contributed by atoms with E-state index in [4.69, 9.17) is 19.6 Å². The van der Waals surface area contributed by atoms with Crippen molar-refractivity contribution in [3.05, 3.63) is 91.5 Å². The monoisotopic (exact) mass is 523 g/mol. The smallest absolute Gasteiger partial charge is 0.420 e. The van der Waals surface area contributed by atoms with Crippen LogP contribution in [0.5, 0.6) is 0 Å². The number of aromatic nitrogens is 3. The average Bonchev–Trinajstić information content (AvgIpc) is 3.22. The average molecular weight is 524 g/mol. The molecular formula is C25H25N5O8. The number of para-hydroxylation sites is 2. The van der Waals surface area contributed by atoms with E-state index in [1.165, 1.54) is 7.11 Å². The maximum absolute atomic E-state index is 13.1. The Bertz CT molecular complexity index is 1630. The number of anilines is 2. The minimum Gasteiger partial charge on any atom is -0.454 e. The number of oxazole rings is 1. The molecular weight excluding hydrogens is 498 g/mol. The predicted octanol–water partition coefficient (Wildman–Crippen LogP) is 0.298. The number of hydrogen-bond donors (Lipinski definition) is 2. The van der Waals surface area contributed by atoms with Gasteiger partial charge in [0.05, 0.1) is 18.7 Å². The van der Waals surface area contributed by atoms with Crippen molar-refractivity contribution in [2.75, 3.05) is 37.5 Å². The first-order chi connectivity index (χ1) is 18.3. The number of hydrogen-bond acceptors (Lipinski definition) is 9. The van der Waals surface area contributed by atoms with E-state index in [2.05, 4.69) is 4.98 Å². The lowest BCUT2D eigenvalue weighted by Gasteiger charge is -2.24. The molecule has 0 fully saturated rings. The molecule has 4 rings (SSSR count). The number of carbonyl (C=O) groups excluding carboxylic acids is 2. The minimum absolute atomic E-state index is 0.0206. The first-order valence-electron chi connectivity index (χ1n) is 11.5. The number of fused-ring (bicyclic) bond motifs is 1. The molecule has 13 heteroatoms. The van der Waals surface area contributed by atoms with Crippen molar-refractivity contribution in [1.29, 1.82) is 0 Å². The van der Waals surface area contributed by atoms with Crippen molar-refractivity contribution < 1.29 is 23.5 Å². The molecule has 1 amide bonds. The number of nitrogen functional groups attached to an aromatic ring is 1. The van der Waals surface area contributed by atoms with Crippen molar-refractivity contribution >= 4 is 34.5 Å². The Labute approximate surface area is 214 Å². The number of esters is 1. The van der Waals surface area contributed by atoms with Gasteiger partial charge in [0, 0.05) is 13.7 Å². The molecule has 0 aliphatic rings. The van der Waals surface area contributed by atoms with Gasteiger partial charge in [-0.25, -0.2) is 9.59 Å². The van der Waals surface area contributed by atoms with Crippen LogP contribution < -0.4 is 27.6 Å². The van der Waals surface area contributed by atoms with Crippen molar-refractivity contribution in [2.24, 2.45) is 0 Å². The maximum Gasteiger partial charge on any atom is 0.420 e. The van der Waals surface area contributed by atoms with Crippen molar-refractivity contribution in [3.8, 4) is 0 Å². The Morgan fingerprint density at radius 3 is 2.47 bits per heavy atom. The number of amides is 1. The van der Waals surface area contributed by atoms with E-state index < -0.39 is 42.0 Å². The van der Waals surface area contributed by atoms with Crippen LogP contribution in [0.4, 0.5) is 11.5 Å². The summed E-state index contributed by atoms with van der Waals surface area (Å²) >= 11 is 0. The van der Waals surface area contributed by atoms with Crippen LogP contribution in [0.15, 0.2) is 73.4 Å². The molecule has 2 aromatic heterocycles. The van der Waals surface area contributed by atoms with Crippen LogP contribution in [0.2, 0.25) is 0 Å². The molecule has 0 aliphatic carbocycles. The number of ether oxygens (including phenoxy) is 2. The summed E-state index contributed by atoms with van der Waals surface area (Å²) in [5.41, 5.74) is 5.73. The van der Waals surface area contributed by atoms with Gasteiger partial charge in [0.2, 0.25) is 0 Å². The van der Waals surface area contributed by atoms with E-state index in [0.29, 0.717) is 11.1 Å². The summed E-state index contributed by atoms with van der Waals surface area (Å²) in [7, 11) is 1.40. The third-order valence-corrected chi connectivity index (χ3v) is 5.71. The molecule has 0 unspecified atom stereocenters. The molecule has 3 N–H and O–H groups in total. The first kappa shape index (κ1) is 26.2. The largest absolute Gasteiger partial charge is 0.454 e. The molecule has 0 spiro atoms. The summed E-state index contributed by atoms with van der Waals surface area (Å²) in [5.74, 6) is -2.66. The molecule has 0 atom stereocenters. The van der Waals surface area contributed by atoms with Gasteiger partial charge in [0.25, 0.3) is 11.5 Å². The Kier molecular flexibility index (Phi) is 7.87. The van der Waals surface area contributed by atoms with Gasteiger partial charge in [-0.2, -0.15) is 0 Å². The highest BCUT2D eigenvalue weighted by molar-refractivity contribution is 5.97. The predicted molar refractivity (Wildman–Crippen MR) is 137 cm³/mol. The van der Waals surface area contributed by atoms with Crippen LogP contribution in [-0.2, 0) is 32.2 Å². The molecule has 0 radical (unpaired) electrons. The normalized spacial score (nSPS) is 11.0. The quantitative estimate of drug-likeness (QED) is 0.277. The summed E-state index contributed by atoms with van der Waals surface area (Å²) in [5, 5.41) is 0. The number of nitrogens with zero attached hydrogens (tertiary/aromatic N) is 3. The maximum atomic E-state index is 13.1. The molecule has 13 nitrogen and oxygen atoms in total. The van der Waals surface area contributed by atoms with E-state index in [0.717, 1.165) is 19.6 Å². The van der Waals surface area contributed by atoms with Gasteiger partial charge in [0.15, 0.2) is 17.9 Å². The van der Waals surface area contributed by atoms with Crippen LogP contribution in [0.1, 0.15) is 5.56 Å². The standard InChI is InChI=1S/C25H25N5O8/c1-36-12-11-28(21-22(26)30(24(34)27-23(21)33)13-16-7-3-2-4-8-16)19(31)15-37-20(32)14-29-17-9-5-6-10-18(17)38-25(29)35/h2-10H,11-15,26H2,1H3,(H,27,33,34). The molecule has 0 saturated carbocycles. The molecule has 0 aliphatic heterocycles. The van der Waals surface area contributed by atoms with Crippen LogP contribution in [0, 0.1) is 0 Å². The van der Waals surface area contributed by atoms with Gasteiger partial charge < -0.3 is 19.6 Å². The van der Waals surface area contributed by atoms with E-state index in [-0.39, 0.29) is 31.2 Å². The highest BCUT2D eigenvalue weighted by Gasteiger charge is 2.25. The third-order valence-electron chi connectivity index (χ3n) is 5.71. The SMILES string of the molecule is COCCN(C(=O)COC(=O)Cn1c(=O)oc2ccccc21)c1c(N)n(Cc2ccccc2)c(=O)[nH]c1=O. The number of aromatic amines is 1. The van der Waals surface area contributed by atoms with Gasteiger partial charge >= 0.3 is 17.4 Å². The second kappa shape index (κ2) is 11.4. The van der Waals surface area contributed by atoms with Gasteiger partial charge in [-0.3, -0.25) is 33.4 Å². The summed E-state index contributed by atoms with van der Waals surface area (Å²) < 4.78 is 17.4. The third kappa shape index (κ3) is 5.57. The minimum atomic E-state index is -0.885. The lowest BCUT2D eigenvalue weighted by molar-refractivity contribution is -0.148. The van der Waals surface area contributed by atoms with Gasteiger partial charge in [-0.05, 0) is 17.7 Å². The van der Waals surface area contributed by atoms with Crippen LogP contribution in [0.25, 0.3) is 11.1 Å². The highest BCUT2D eigenvalue weighted by Crippen LogP contribution is 2.18. The highest BCUT2D eigenvalue weighted by atomic mass is 16.5. The van der Waals surface area contributed by atoms with Gasteiger partial charge in [-0.1, -0.05) is 42.5 Å². The van der Waals surface area contributed by atoms with E-state index in [1.54, 1.807) is 48.5 Å². The van der Waals surface area contributed by atoms with E-state index >= 15 is 0 Å². The number of carbonyl (C=O) groups is 2. The molecule has 2 heterocycles. The Morgan fingerprint density at radius 2 is 1.74 bits per heavy atom. The van der Waals surface area contributed by atoms with Crippen LogP contribution >= 0.6 is 0 Å². The molecule has 38 heavy (non-hydrogen) atoms. The number of rotatable bonds is 10. The Morgan fingerprint density at radius 1 is 1.03 bits per heavy atom. The molecule has 4 aromatic rings. The summed E-state index contributed by atoms with van der Waals surface area (Å²) in [4.78, 5) is 66.1. The summed E-state index contributed by atoms with van der Waals surface area (Å²) in [6, 6.07) is 15.5. The van der Waals surface area contributed by atoms with Gasteiger partial charge in [0.1, 0.15) is 12.4 Å². The number of nitrogens with one attached hydrogen (secondary N) is 1. The summed E-state index contributed by atoms with van der Waals surface area (Å²) in [6.07, 6.45) is 0. The molecule has 0 bridgehead atoms. The second-order valence-corrected chi connectivity index (χ2v) is 8.19. The fourth-order valence-electron chi connectivity index (χ4n) is 3.86. The van der Waals surface area contributed by atoms with E-state index in [9.17, 15) is 24.0 Å². The lowest BCUT2D eigenvalue weighted by atomic mass is 10.2. The molecule has 198 valence electrons. The zero-order valence-electron chi connectivity index (χ0n) is 20.4. The number of H-pyrrole nitrogens is 1. The van der Waals surface area contributed by atoms with Crippen molar-refractivity contribution in [2.45, 2.75) is 13.1 Å². The van der Waals surface area contributed by atoms with Crippen LogP contribution in [0.3, 0.4) is 0 Å². The Balaban J connectivity index is 1.55. The fraction of sp³-hybridized carbons (Fsp3) is 0.240. The molecule has 0 saturated heterocycles. The van der Waals surface area contributed by atoms with Crippen molar-refractivity contribution in [1.82, 2.24) is 14.1 Å². The summed E-state index contributed by atoms with van der Waals surface area (Å²) in [6.45, 7) is -1.30. The number of methoxy groups -OCH3 is 1. The first-order valence-corrected chi connectivity index (χ1v) is 11.5. The van der Waals surface area contributed by atoms with Crippen molar-refractivity contribution in [3.63, 3.8) is 0 Å².